The highest BCUT2D eigenvalue weighted by Crippen LogP contribution is 2.73. The summed E-state index contributed by atoms with van der Waals surface area (Å²) < 4.78 is 65.5. The monoisotopic (exact) mass is 1150 g/mol. The number of likely N-dealkylation sites (N-methyl/N-ethyl adjacent to an activating group) is 2. The Hall–Kier alpha value is -6.85. The van der Waals surface area contributed by atoms with Gasteiger partial charge in [0, 0.05) is 82.1 Å². The molecular formula is C68H69F3N6O8. The number of rotatable bonds is 11. The van der Waals surface area contributed by atoms with Gasteiger partial charge in [-0.2, -0.15) is 0 Å². The Kier molecular flexibility index (Phi) is 10.4. The van der Waals surface area contributed by atoms with E-state index < -0.39 is 35.0 Å². The molecule has 6 aromatic rings. The Bertz CT molecular complexity index is 3980. The summed E-state index contributed by atoms with van der Waals surface area (Å²) in [6.07, 6.45) is 9.50. The molecule has 10 fully saturated rings. The third-order valence-corrected chi connectivity index (χ3v) is 24.4. The quantitative estimate of drug-likeness (QED) is 0.0985. The molecule has 2 aromatic heterocycles. The van der Waals surface area contributed by atoms with E-state index in [1.54, 1.807) is 18.2 Å². The maximum atomic E-state index is 15.4. The number of carboxylic acids is 1. The van der Waals surface area contributed by atoms with Crippen molar-refractivity contribution in [1.29, 1.82) is 0 Å². The van der Waals surface area contributed by atoms with E-state index in [9.17, 15) is 27.9 Å². The van der Waals surface area contributed by atoms with Crippen LogP contribution < -0.4 is 9.47 Å². The number of esters is 1. The van der Waals surface area contributed by atoms with Gasteiger partial charge in [0.2, 0.25) is 11.8 Å². The van der Waals surface area contributed by atoms with Crippen LogP contribution in [0.1, 0.15) is 163 Å². The highest BCUT2D eigenvalue weighted by atomic mass is 19.4. The van der Waals surface area contributed by atoms with Crippen molar-refractivity contribution in [1.82, 2.24) is 28.7 Å². The number of amides is 2. The van der Waals surface area contributed by atoms with Gasteiger partial charge >= 0.3 is 18.3 Å². The van der Waals surface area contributed by atoms with Gasteiger partial charge in [-0.15, -0.1) is 13.2 Å². The first-order valence-electron chi connectivity index (χ1n) is 31.5. The minimum absolute atomic E-state index is 0.00990. The lowest BCUT2D eigenvalue weighted by molar-refractivity contribution is -0.278. The number of carboxylic acid groups (broad SMARTS) is 1. The molecule has 440 valence electrons. The zero-order valence-corrected chi connectivity index (χ0v) is 48.0. The number of carbonyl (C=O) groups excluding carboxylic acids is 3. The van der Waals surface area contributed by atoms with Crippen LogP contribution in [0.15, 0.2) is 72.8 Å². The van der Waals surface area contributed by atoms with Crippen LogP contribution in [0.25, 0.3) is 44.3 Å². The molecule has 6 saturated carbocycles. The number of aromatic carboxylic acids is 1. The van der Waals surface area contributed by atoms with Crippen LogP contribution >= 0.6 is 0 Å². The van der Waals surface area contributed by atoms with E-state index in [1.807, 2.05) is 42.5 Å². The topological polar surface area (TPSA) is 139 Å². The standard InChI is InChI=1S/C68H69F3N6O8/c1-72-32-52-66(72)24-23-50(66)76(52)62(81)65-30-45(65)57-43(16-10-18-49(57)85-68(69,70)71)59-55(37-13-7-4-8-14-37)41-22-20-39(28-47(41)75(59)35-65)61(80)84-26-25-83-48-17-9-15-42-56(48)44-29-64(44,63(82)77-51-31-67(51)53(77)33-73(67)2)34-74-46-27-38(60(78)79)19-21-40(46)54(58(42)74)36-11-5-3-6-12-36/h9-10,15-22,27-28,36-37,44-45,50-53H,3-8,11-14,23-26,29-35H2,1-2H3,(H,78,79)/t44?,45?,50?,51?,52?,53?,64?,65?,66-,67?/m1/s1. The van der Waals surface area contributed by atoms with Gasteiger partial charge in [0.25, 0.3) is 0 Å². The molecule has 9 unspecified atom stereocenters. The third kappa shape index (κ3) is 6.64. The number of halogens is 3. The minimum Gasteiger partial charge on any atom is -0.490 e. The number of nitrogens with zero attached hydrogens (tertiary/aromatic N) is 6. The molecule has 14 nitrogen and oxygen atoms in total. The Balaban J connectivity index is 0.686. The number of aromatic nitrogens is 2. The normalized spacial score (nSPS) is 32.6. The summed E-state index contributed by atoms with van der Waals surface area (Å²) in [5, 5.41) is 12.3. The molecular weight excluding hydrogens is 1090 g/mol. The first kappa shape index (κ1) is 51.4. The maximum absolute atomic E-state index is 15.4. The van der Waals surface area contributed by atoms with Crippen LogP contribution in [-0.2, 0) is 27.4 Å². The van der Waals surface area contributed by atoms with E-state index in [0.717, 1.165) is 140 Å². The lowest BCUT2D eigenvalue weighted by Crippen LogP contribution is -2.96. The molecule has 0 radical (unpaired) electrons. The number of carbonyl (C=O) groups is 4. The van der Waals surface area contributed by atoms with Crippen LogP contribution in [0.2, 0.25) is 0 Å². The van der Waals surface area contributed by atoms with E-state index in [2.05, 4.69) is 48.9 Å². The minimum atomic E-state index is -4.94. The van der Waals surface area contributed by atoms with Gasteiger partial charge in [-0.1, -0.05) is 74.9 Å². The average molecular weight is 1160 g/mol. The van der Waals surface area contributed by atoms with Crippen LogP contribution in [0, 0.1) is 10.8 Å². The number of piperidine rings is 1. The summed E-state index contributed by atoms with van der Waals surface area (Å²) in [6, 6.07) is 22.8. The average Bonchev–Trinajstić information content (AvgIpc) is 1.58. The predicted octanol–water partition coefficient (Wildman–Crippen LogP) is 11.6. The zero-order chi connectivity index (χ0) is 57.6. The number of piperazine rings is 2. The molecule has 10 atom stereocenters. The van der Waals surface area contributed by atoms with Gasteiger partial charge < -0.3 is 38.3 Å². The van der Waals surface area contributed by atoms with Crippen molar-refractivity contribution in [2.24, 2.45) is 10.8 Å². The number of fused-ring (bicyclic) bond motifs is 14. The molecule has 0 bridgehead atoms. The molecule has 2 spiro atoms. The molecule has 17 heteroatoms. The molecule has 6 aliphatic heterocycles. The van der Waals surface area contributed by atoms with Gasteiger partial charge in [0.15, 0.2) is 0 Å². The van der Waals surface area contributed by atoms with Crippen molar-refractivity contribution in [2.45, 2.75) is 175 Å². The summed E-state index contributed by atoms with van der Waals surface area (Å²) in [5.74, 6) is -1.20. The third-order valence-electron chi connectivity index (χ3n) is 24.4. The Morgan fingerprint density at radius 2 is 1.12 bits per heavy atom. The van der Waals surface area contributed by atoms with E-state index >= 15 is 9.59 Å². The molecule has 1 N–H and O–H groups in total. The second kappa shape index (κ2) is 17.2. The largest absolute Gasteiger partial charge is 0.573 e. The zero-order valence-electron chi connectivity index (χ0n) is 48.0. The first-order chi connectivity index (χ1) is 41.1. The number of hydrogen-bond donors (Lipinski definition) is 1. The summed E-state index contributed by atoms with van der Waals surface area (Å²) in [5.41, 5.74) is 7.75. The highest BCUT2D eigenvalue weighted by Gasteiger charge is 2.84. The van der Waals surface area contributed by atoms with Crippen molar-refractivity contribution in [3.63, 3.8) is 0 Å². The second-order valence-electron chi connectivity index (χ2n) is 27.9. The lowest BCUT2D eigenvalue weighted by atomic mass is 9.52. The fraction of sp³-hybridized carbons (Fsp3) is 0.529. The fourth-order valence-electron chi connectivity index (χ4n) is 20.0. The molecule has 12 aliphatic rings. The second-order valence-corrected chi connectivity index (χ2v) is 27.9. The molecule has 8 heterocycles. The summed E-state index contributed by atoms with van der Waals surface area (Å²) in [6.45, 7) is 2.31. The Morgan fingerprint density at radius 3 is 1.62 bits per heavy atom. The Morgan fingerprint density at radius 1 is 0.588 bits per heavy atom. The van der Waals surface area contributed by atoms with E-state index in [-0.39, 0.29) is 95.9 Å². The van der Waals surface area contributed by atoms with Gasteiger partial charge in [-0.3, -0.25) is 19.4 Å². The van der Waals surface area contributed by atoms with Crippen molar-refractivity contribution in [2.75, 3.05) is 40.4 Å². The molecule has 4 saturated heterocycles. The van der Waals surface area contributed by atoms with Crippen molar-refractivity contribution < 1.29 is 51.7 Å². The number of hydrogen-bond acceptors (Lipinski definition) is 9. The van der Waals surface area contributed by atoms with Crippen molar-refractivity contribution in [3.05, 3.63) is 106 Å². The number of benzene rings is 4. The maximum Gasteiger partial charge on any atom is 0.573 e. The number of ether oxygens (including phenoxy) is 3. The highest BCUT2D eigenvalue weighted by molar-refractivity contribution is 6.03. The Labute approximate surface area is 490 Å². The fourth-order valence-corrected chi connectivity index (χ4v) is 20.0. The van der Waals surface area contributed by atoms with Crippen LogP contribution in [0.4, 0.5) is 13.2 Å². The summed E-state index contributed by atoms with van der Waals surface area (Å²) >= 11 is 0. The van der Waals surface area contributed by atoms with Crippen molar-refractivity contribution in [3.8, 4) is 34.0 Å². The molecule has 4 aromatic carbocycles. The smallest absolute Gasteiger partial charge is 0.490 e. The van der Waals surface area contributed by atoms with Gasteiger partial charge in [0.05, 0.1) is 68.6 Å². The van der Waals surface area contributed by atoms with E-state index in [0.29, 0.717) is 41.8 Å². The molecule has 6 aliphatic carbocycles. The van der Waals surface area contributed by atoms with E-state index in [4.69, 9.17) is 14.2 Å². The number of likely N-dealkylation sites (tertiary alicyclic amines) is 4. The van der Waals surface area contributed by atoms with E-state index in [1.165, 1.54) is 18.1 Å². The summed E-state index contributed by atoms with van der Waals surface area (Å²) in [4.78, 5) is 67.0. The van der Waals surface area contributed by atoms with Gasteiger partial charge in [-0.25, -0.2) is 9.59 Å². The van der Waals surface area contributed by atoms with Crippen LogP contribution in [0.5, 0.6) is 11.5 Å². The van der Waals surface area contributed by atoms with Gasteiger partial charge in [0.1, 0.15) is 24.7 Å². The van der Waals surface area contributed by atoms with Crippen molar-refractivity contribution >= 4 is 45.6 Å². The number of alkyl halides is 3. The molecule has 2 amide bonds. The molecule has 85 heavy (non-hydrogen) atoms. The van der Waals surface area contributed by atoms with Gasteiger partial charge in [-0.05, 0) is 131 Å². The van der Waals surface area contributed by atoms with Crippen LogP contribution in [0.3, 0.4) is 0 Å². The lowest BCUT2D eigenvalue weighted by Gasteiger charge is -2.80. The SMILES string of the molecule is CN1CC2N(C(=O)C34CC3c3c(OCCOC(=O)c5ccc6c(C7CCCCC7)c7n(c6c5)CC5(C(=O)N6C8CC[C@]89C6CN9C)CC5c5c(OC(F)(F)F)cccc5-7)cccc3-c3c(C5CCCCC5)c5ccc(C(=O)O)cc5n3C4)C3CC231. The molecule has 18 rings (SSSR count). The first-order valence-corrected chi connectivity index (χ1v) is 31.5. The predicted molar refractivity (Wildman–Crippen MR) is 309 cm³/mol. The van der Waals surface area contributed by atoms with Crippen LogP contribution in [-0.4, -0.2) is 140 Å². The summed E-state index contributed by atoms with van der Waals surface area (Å²) in [7, 11) is 4.28.